The maximum atomic E-state index is 11.6. The van der Waals surface area contributed by atoms with Crippen LogP contribution in [0.15, 0.2) is 18.2 Å². The molecule has 0 N–H and O–H groups in total. The molecule has 0 radical (unpaired) electrons. The lowest BCUT2D eigenvalue weighted by atomic mass is 9.48. The lowest BCUT2D eigenvalue weighted by molar-refractivity contribution is -0.160. The third-order valence-corrected chi connectivity index (χ3v) is 8.00. The molecular weight excluding hydrogens is 312 g/mol. The van der Waals surface area contributed by atoms with Crippen LogP contribution >= 0.6 is 0 Å². The van der Waals surface area contributed by atoms with Crippen LogP contribution in [0.3, 0.4) is 0 Å². The number of rotatable bonds is 2. The summed E-state index contributed by atoms with van der Waals surface area (Å²) in [5.41, 5.74) is 3.39. The number of aryl methyl sites for hydroxylation is 1. The molecule has 0 aliphatic heterocycles. The quantitative estimate of drug-likeness (QED) is 0.719. The summed E-state index contributed by atoms with van der Waals surface area (Å²) in [5.74, 6) is 2.18. The van der Waals surface area contributed by atoms with Crippen LogP contribution in [-0.2, 0) is 16.0 Å². The Morgan fingerprint density at radius 1 is 1.12 bits per heavy atom. The molecule has 0 amide bonds. The molecule has 1 aromatic carbocycles. The molecule has 2 saturated carbocycles. The average molecular weight is 342 g/mol. The van der Waals surface area contributed by atoms with Gasteiger partial charge < -0.3 is 9.47 Å². The van der Waals surface area contributed by atoms with E-state index in [2.05, 4.69) is 32.0 Å². The second-order valence-electron chi connectivity index (χ2n) is 8.83. The predicted octanol–water partition coefficient (Wildman–Crippen LogP) is 4.87. The summed E-state index contributed by atoms with van der Waals surface area (Å²) < 4.78 is 11.2. The molecule has 25 heavy (non-hydrogen) atoms. The van der Waals surface area contributed by atoms with Crippen molar-refractivity contribution in [3.05, 3.63) is 29.3 Å². The Labute approximate surface area is 151 Å². The van der Waals surface area contributed by atoms with Gasteiger partial charge in [-0.05, 0) is 79.0 Å². The lowest BCUT2D eigenvalue weighted by Crippen LogP contribution is -2.51. The SMILES string of the molecule is COc1ccc2c(c1)CC[C@@H]1[C@@H]2CC[C@]2(C)[C@@H](OC(C)=O)CC[C@@]12C. The zero-order chi connectivity index (χ0) is 17.8. The number of benzene rings is 1. The molecular formula is C22H30O3. The van der Waals surface area contributed by atoms with Crippen LogP contribution in [0.2, 0.25) is 0 Å². The van der Waals surface area contributed by atoms with Gasteiger partial charge in [0.1, 0.15) is 11.9 Å². The van der Waals surface area contributed by atoms with Gasteiger partial charge in [0, 0.05) is 12.3 Å². The number of carbonyl (C=O) groups is 1. The van der Waals surface area contributed by atoms with E-state index in [0.717, 1.165) is 25.0 Å². The van der Waals surface area contributed by atoms with Gasteiger partial charge in [-0.3, -0.25) is 4.79 Å². The van der Waals surface area contributed by atoms with Gasteiger partial charge in [-0.2, -0.15) is 0 Å². The van der Waals surface area contributed by atoms with E-state index in [-0.39, 0.29) is 22.9 Å². The van der Waals surface area contributed by atoms with Crippen molar-refractivity contribution in [3.63, 3.8) is 0 Å². The van der Waals surface area contributed by atoms with E-state index in [9.17, 15) is 4.79 Å². The molecule has 3 aliphatic carbocycles. The summed E-state index contributed by atoms with van der Waals surface area (Å²) >= 11 is 0. The highest BCUT2D eigenvalue weighted by molar-refractivity contribution is 5.66. The van der Waals surface area contributed by atoms with Gasteiger partial charge in [-0.25, -0.2) is 0 Å². The Hall–Kier alpha value is -1.51. The van der Waals surface area contributed by atoms with E-state index >= 15 is 0 Å². The Bertz CT molecular complexity index is 697. The molecule has 0 unspecified atom stereocenters. The fraction of sp³-hybridized carbons (Fsp3) is 0.682. The van der Waals surface area contributed by atoms with Crippen LogP contribution in [0, 0.1) is 16.7 Å². The molecule has 136 valence electrons. The van der Waals surface area contributed by atoms with Crippen LogP contribution in [0.4, 0.5) is 0 Å². The van der Waals surface area contributed by atoms with Crippen molar-refractivity contribution >= 4 is 5.97 Å². The van der Waals surface area contributed by atoms with Crippen LogP contribution < -0.4 is 4.74 Å². The maximum Gasteiger partial charge on any atom is 0.302 e. The molecule has 4 rings (SSSR count). The van der Waals surface area contributed by atoms with Gasteiger partial charge in [0.2, 0.25) is 0 Å². The third kappa shape index (κ3) is 2.34. The largest absolute Gasteiger partial charge is 0.497 e. The highest BCUT2D eigenvalue weighted by atomic mass is 16.5. The Balaban J connectivity index is 1.68. The smallest absolute Gasteiger partial charge is 0.302 e. The number of hydrogen-bond donors (Lipinski definition) is 0. The maximum absolute atomic E-state index is 11.6. The molecule has 0 aromatic heterocycles. The van der Waals surface area contributed by atoms with Crippen molar-refractivity contribution in [3.8, 4) is 5.75 Å². The average Bonchev–Trinajstić information content (AvgIpc) is 2.85. The first-order chi connectivity index (χ1) is 11.9. The monoisotopic (exact) mass is 342 g/mol. The van der Waals surface area contributed by atoms with E-state index in [1.54, 1.807) is 14.0 Å². The summed E-state index contributed by atoms with van der Waals surface area (Å²) in [4.78, 5) is 11.6. The van der Waals surface area contributed by atoms with Gasteiger partial charge >= 0.3 is 5.97 Å². The second-order valence-corrected chi connectivity index (χ2v) is 8.83. The normalized spacial score (nSPS) is 39.1. The van der Waals surface area contributed by atoms with Crippen LogP contribution in [0.1, 0.15) is 69.9 Å². The lowest BCUT2D eigenvalue weighted by Gasteiger charge is -2.57. The van der Waals surface area contributed by atoms with Crippen LogP contribution in [0.25, 0.3) is 0 Å². The number of methoxy groups -OCH3 is 1. The second kappa shape index (κ2) is 5.75. The van der Waals surface area contributed by atoms with Crippen LogP contribution in [-0.4, -0.2) is 19.2 Å². The zero-order valence-corrected chi connectivity index (χ0v) is 15.9. The highest BCUT2D eigenvalue weighted by Gasteiger charge is 2.63. The fourth-order valence-electron chi connectivity index (χ4n) is 6.44. The first kappa shape index (κ1) is 16.9. The Morgan fingerprint density at radius 3 is 2.60 bits per heavy atom. The first-order valence-corrected chi connectivity index (χ1v) is 9.73. The minimum Gasteiger partial charge on any atom is -0.497 e. The highest BCUT2D eigenvalue weighted by Crippen LogP contribution is 2.68. The summed E-state index contributed by atoms with van der Waals surface area (Å²) in [5, 5.41) is 0. The van der Waals surface area contributed by atoms with Crippen molar-refractivity contribution in [1.29, 1.82) is 0 Å². The third-order valence-electron chi connectivity index (χ3n) is 8.00. The van der Waals surface area contributed by atoms with Crippen molar-refractivity contribution in [1.82, 2.24) is 0 Å². The molecule has 0 saturated heterocycles. The molecule has 3 heteroatoms. The zero-order valence-electron chi connectivity index (χ0n) is 15.9. The molecule has 0 spiro atoms. The summed E-state index contributed by atoms with van der Waals surface area (Å²) in [6.07, 6.45) is 7.01. The van der Waals surface area contributed by atoms with Crippen molar-refractivity contribution in [2.45, 2.75) is 71.3 Å². The van der Waals surface area contributed by atoms with E-state index in [1.807, 2.05) is 0 Å². The van der Waals surface area contributed by atoms with Crippen molar-refractivity contribution in [2.75, 3.05) is 7.11 Å². The van der Waals surface area contributed by atoms with E-state index in [1.165, 1.54) is 30.4 Å². The van der Waals surface area contributed by atoms with E-state index in [4.69, 9.17) is 9.47 Å². The Morgan fingerprint density at radius 2 is 1.88 bits per heavy atom. The van der Waals surface area contributed by atoms with Crippen molar-refractivity contribution in [2.24, 2.45) is 16.7 Å². The fourth-order valence-corrected chi connectivity index (χ4v) is 6.44. The van der Waals surface area contributed by atoms with Crippen LogP contribution in [0.5, 0.6) is 5.75 Å². The summed E-state index contributed by atoms with van der Waals surface area (Å²) in [6, 6.07) is 6.65. The Kier molecular flexibility index (Phi) is 3.90. The standard InChI is InChI=1S/C22H30O3/c1-14(23)25-20-10-12-21(2)19-8-5-15-13-16(24-4)6-7-17(15)18(19)9-11-22(20,21)3/h6-7,13,18-20H,5,8-12H2,1-4H3/t18-,19-,20+,21+,22-/m1/s1. The first-order valence-electron chi connectivity index (χ1n) is 9.73. The van der Waals surface area contributed by atoms with Gasteiger partial charge in [-0.1, -0.05) is 19.9 Å². The molecule has 0 bridgehead atoms. The minimum absolute atomic E-state index is 0.0909. The van der Waals surface area contributed by atoms with Gasteiger partial charge in [0.05, 0.1) is 7.11 Å². The van der Waals surface area contributed by atoms with E-state index < -0.39 is 0 Å². The van der Waals surface area contributed by atoms with Gasteiger partial charge in [0.25, 0.3) is 0 Å². The molecule has 3 nitrogen and oxygen atoms in total. The summed E-state index contributed by atoms with van der Waals surface area (Å²) in [6.45, 7) is 6.41. The molecule has 2 fully saturated rings. The molecule has 0 heterocycles. The number of esters is 1. The molecule has 5 atom stereocenters. The molecule has 3 aliphatic rings. The number of ether oxygens (including phenoxy) is 2. The molecule has 1 aromatic rings. The van der Waals surface area contributed by atoms with E-state index in [0.29, 0.717) is 11.8 Å². The van der Waals surface area contributed by atoms with Gasteiger partial charge in [0.15, 0.2) is 0 Å². The minimum atomic E-state index is -0.126. The van der Waals surface area contributed by atoms with Gasteiger partial charge in [-0.15, -0.1) is 0 Å². The topological polar surface area (TPSA) is 35.5 Å². The van der Waals surface area contributed by atoms with Crippen molar-refractivity contribution < 1.29 is 14.3 Å². The number of hydrogen-bond acceptors (Lipinski definition) is 3. The summed E-state index contributed by atoms with van der Waals surface area (Å²) in [7, 11) is 1.74. The number of fused-ring (bicyclic) bond motifs is 5. The predicted molar refractivity (Wildman–Crippen MR) is 97.8 cm³/mol. The number of carbonyl (C=O) groups excluding carboxylic acids is 1.